The predicted octanol–water partition coefficient (Wildman–Crippen LogP) is 2.45. The topological polar surface area (TPSA) is 63.2 Å². The second kappa shape index (κ2) is 7.28. The van der Waals surface area contributed by atoms with Gasteiger partial charge in [0, 0.05) is 19.3 Å². The number of benzene rings is 1. The number of pyridine rings is 1. The number of hydrogen-bond acceptors (Lipinski definition) is 4. The molecule has 0 unspecified atom stereocenters. The van der Waals surface area contributed by atoms with E-state index in [-0.39, 0.29) is 5.91 Å². The number of anilines is 1. The molecule has 110 valence electrons. The highest BCUT2D eigenvalue weighted by Crippen LogP contribution is 2.11. The van der Waals surface area contributed by atoms with Crippen LogP contribution in [0.25, 0.3) is 0 Å². The van der Waals surface area contributed by atoms with Crippen LogP contribution in [0.3, 0.4) is 0 Å². The Labute approximate surface area is 124 Å². The Kier molecular flexibility index (Phi) is 5.15. The van der Waals surface area contributed by atoms with Crippen LogP contribution < -0.4 is 15.4 Å². The van der Waals surface area contributed by atoms with Crippen molar-refractivity contribution in [1.82, 2.24) is 10.3 Å². The highest BCUT2D eigenvalue weighted by molar-refractivity contribution is 5.93. The molecule has 0 bridgehead atoms. The summed E-state index contributed by atoms with van der Waals surface area (Å²) in [6.07, 6.45) is 1.57. The lowest BCUT2D eigenvalue weighted by molar-refractivity contribution is 0.0950. The van der Waals surface area contributed by atoms with Crippen molar-refractivity contribution < 1.29 is 9.53 Å². The minimum atomic E-state index is -0.138. The third-order valence-corrected chi connectivity index (χ3v) is 3.00. The Balaban J connectivity index is 1.91. The van der Waals surface area contributed by atoms with Crippen LogP contribution in [-0.2, 0) is 6.54 Å². The van der Waals surface area contributed by atoms with E-state index in [0.29, 0.717) is 12.1 Å². The number of amides is 1. The van der Waals surface area contributed by atoms with Gasteiger partial charge in [0.05, 0.1) is 12.7 Å². The smallest absolute Gasteiger partial charge is 0.253 e. The Bertz CT molecular complexity index is 579. The van der Waals surface area contributed by atoms with Crippen LogP contribution in [0, 0.1) is 0 Å². The molecule has 5 nitrogen and oxygen atoms in total. The number of carbonyl (C=O) groups excluding carboxylic acids is 1. The molecule has 0 fully saturated rings. The Morgan fingerprint density at radius 1 is 1.19 bits per heavy atom. The highest BCUT2D eigenvalue weighted by Gasteiger charge is 2.06. The average molecular weight is 285 g/mol. The Morgan fingerprint density at radius 3 is 2.52 bits per heavy atom. The predicted molar refractivity (Wildman–Crippen MR) is 82.6 cm³/mol. The quantitative estimate of drug-likeness (QED) is 0.855. The first-order valence-corrected chi connectivity index (χ1v) is 6.84. The average Bonchev–Trinajstić information content (AvgIpc) is 2.54. The molecule has 0 spiro atoms. The van der Waals surface area contributed by atoms with E-state index in [0.717, 1.165) is 23.7 Å². The van der Waals surface area contributed by atoms with Crippen molar-refractivity contribution in [3.8, 4) is 5.75 Å². The summed E-state index contributed by atoms with van der Waals surface area (Å²) in [4.78, 5) is 16.2. The molecule has 1 heterocycles. The first-order chi connectivity index (χ1) is 10.2. The molecule has 0 aliphatic heterocycles. The minimum Gasteiger partial charge on any atom is -0.497 e. The normalized spacial score (nSPS) is 10.0. The molecule has 21 heavy (non-hydrogen) atoms. The minimum absolute atomic E-state index is 0.138. The molecule has 5 heteroatoms. The third-order valence-electron chi connectivity index (χ3n) is 3.00. The van der Waals surface area contributed by atoms with Gasteiger partial charge in [0.25, 0.3) is 5.91 Å². The summed E-state index contributed by atoms with van der Waals surface area (Å²) >= 11 is 0. The van der Waals surface area contributed by atoms with Crippen LogP contribution in [0.1, 0.15) is 22.8 Å². The standard InChI is InChI=1S/C16H19N3O2/c1-3-17-15-9-6-13(11-18-15)16(20)19-10-12-4-7-14(21-2)8-5-12/h4-9,11H,3,10H2,1-2H3,(H,17,18)(H,19,20). The van der Waals surface area contributed by atoms with E-state index in [4.69, 9.17) is 4.74 Å². The molecule has 1 amide bonds. The van der Waals surface area contributed by atoms with Gasteiger partial charge in [0.1, 0.15) is 11.6 Å². The molecule has 0 saturated carbocycles. The van der Waals surface area contributed by atoms with Crippen LogP contribution >= 0.6 is 0 Å². The molecule has 2 aromatic rings. The maximum absolute atomic E-state index is 12.0. The van der Waals surface area contributed by atoms with Crippen molar-refractivity contribution in [3.05, 3.63) is 53.7 Å². The molecular formula is C16H19N3O2. The van der Waals surface area contributed by atoms with E-state index in [2.05, 4.69) is 15.6 Å². The van der Waals surface area contributed by atoms with E-state index in [1.807, 2.05) is 31.2 Å². The largest absolute Gasteiger partial charge is 0.497 e. The van der Waals surface area contributed by atoms with Crippen LogP contribution in [0.2, 0.25) is 0 Å². The van der Waals surface area contributed by atoms with E-state index in [1.165, 1.54) is 0 Å². The van der Waals surface area contributed by atoms with Gasteiger partial charge in [-0.2, -0.15) is 0 Å². The number of ether oxygens (including phenoxy) is 1. The molecule has 0 saturated heterocycles. The van der Waals surface area contributed by atoms with Gasteiger partial charge in [-0.15, -0.1) is 0 Å². The van der Waals surface area contributed by atoms with E-state index in [1.54, 1.807) is 25.4 Å². The summed E-state index contributed by atoms with van der Waals surface area (Å²) in [5, 5.41) is 5.95. The van der Waals surface area contributed by atoms with Gasteiger partial charge in [-0.3, -0.25) is 4.79 Å². The molecule has 2 rings (SSSR count). The molecule has 0 aliphatic rings. The van der Waals surface area contributed by atoms with Crippen molar-refractivity contribution in [2.75, 3.05) is 19.0 Å². The van der Waals surface area contributed by atoms with E-state index in [9.17, 15) is 4.79 Å². The van der Waals surface area contributed by atoms with Crippen molar-refractivity contribution >= 4 is 11.7 Å². The lowest BCUT2D eigenvalue weighted by Gasteiger charge is -2.07. The van der Waals surface area contributed by atoms with Crippen LogP contribution in [0.4, 0.5) is 5.82 Å². The first kappa shape index (κ1) is 14.8. The molecule has 0 aliphatic carbocycles. The van der Waals surface area contributed by atoms with Gasteiger partial charge >= 0.3 is 0 Å². The summed E-state index contributed by atoms with van der Waals surface area (Å²) in [6.45, 7) is 3.27. The number of aromatic nitrogens is 1. The molecule has 1 aromatic heterocycles. The Morgan fingerprint density at radius 2 is 1.95 bits per heavy atom. The van der Waals surface area contributed by atoms with Crippen LogP contribution in [0.5, 0.6) is 5.75 Å². The maximum Gasteiger partial charge on any atom is 0.253 e. The number of methoxy groups -OCH3 is 1. The van der Waals surface area contributed by atoms with Crippen molar-refractivity contribution in [2.24, 2.45) is 0 Å². The number of nitrogens with one attached hydrogen (secondary N) is 2. The Hall–Kier alpha value is -2.56. The summed E-state index contributed by atoms with van der Waals surface area (Å²) in [5.41, 5.74) is 1.56. The first-order valence-electron chi connectivity index (χ1n) is 6.84. The highest BCUT2D eigenvalue weighted by atomic mass is 16.5. The van der Waals surface area contributed by atoms with Crippen LogP contribution in [0.15, 0.2) is 42.6 Å². The summed E-state index contributed by atoms with van der Waals surface area (Å²) in [6, 6.07) is 11.1. The number of rotatable bonds is 6. The summed E-state index contributed by atoms with van der Waals surface area (Å²) in [7, 11) is 1.63. The lowest BCUT2D eigenvalue weighted by atomic mass is 10.2. The van der Waals surface area contributed by atoms with Crippen molar-refractivity contribution in [3.63, 3.8) is 0 Å². The SMILES string of the molecule is CCNc1ccc(C(=O)NCc2ccc(OC)cc2)cn1. The maximum atomic E-state index is 12.0. The molecule has 0 atom stereocenters. The second-order valence-electron chi connectivity index (χ2n) is 4.49. The zero-order valence-corrected chi connectivity index (χ0v) is 12.2. The molecule has 0 radical (unpaired) electrons. The third kappa shape index (κ3) is 4.21. The van der Waals surface area contributed by atoms with Gasteiger partial charge in [-0.25, -0.2) is 4.98 Å². The van der Waals surface area contributed by atoms with E-state index >= 15 is 0 Å². The number of nitrogens with zero attached hydrogens (tertiary/aromatic N) is 1. The van der Waals surface area contributed by atoms with Gasteiger partial charge < -0.3 is 15.4 Å². The fraction of sp³-hybridized carbons (Fsp3) is 0.250. The van der Waals surface area contributed by atoms with Gasteiger partial charge in [-0.05, 0) is 36.8 Å². The number of carbonyl (C=O) groups is 1. The van der Waals surface area contributed by atoms with Crippen molar-refractivity contribution in [1.29, 1.82) is 0 Å². The summed E-state index contributed by atoms with van der Waals surface area (Å²) in [5.74, 6) is 1.43. The lowest BCUT2D eigenvalue weighted by Crippen LogP contribution is -2.22. The monoisotopic (exact) mass is 285 g/mol. The van der Waals surface area contributed by atoms with Gasteiger partial charge in [-0.1, -0.05) is 12.1 Å². The summed E-state index contributed by atoms with van der Waals surface area (Å²) < 4.78 is 5.09. The van der Waals surface area contributed by atoms with Gasteiger partial charge in [0.15, 0.2) is 0 Å². The van der Waals surface area contributed by atoms with Gasteiger partial charge in [0.2, 0.25) is 0 Å². The fourth-order valence-corrected chi connectivity index (χ4v) is 1.84. The molecule has 1 aromatic carbocycles. The van der Waals surface area contributed by atoms with Crippen molar-refractivity contribution in [2.45, 2.75) is 13.5 Å². The zero-order valence-electron chi connectivity index (χ0n) is 12.2. The van der Waals surface area contributed by atoms with Crippen LogP contribution in [-0.4, -0.2) is 24.5 Å². The second-order valence-corrected chi connectivity index (χ2v) is 4.49. The van der Waals surface area contributed by atoms with E-state index < -0.39 is 0 Å². The number of hydrogen-bond donors (Lipinski definition) is 2. The fourth-order valence-electron chi connectivity index (χ4n) is 1.84. The molecular weight excluding hydrogens is 266 g/mol. The zero-order chi connectivity index (χ0) is 15.1. The molecule has 2 N–H and O–H groups in total.